The van der Waals surface area contributed by atoms with Gasteiger partial charge in [-0.15, -0.1) is 0 Å². The van der Waals surface area contributed by atoms with Crippen molar-refractivity contribution in [2.75, 3.05) is 0 Å². The summed E-state index contributed by atoms with van der Waals surface area (Å²) in [7, 11) is 0. The summed E-state index contributed by atoms with van der Waals surface area (Å²) in [6.07, 6.45) is 1.01. The van der Waals surface area contributed by atoms with Crippen LogP contribution in [0, 0.1) is 6.92 Å². The van der Waals surface area contributed by atoms with Crippen molar-refractivity contribution in [3.63, 3.8) is 0 Å². The molecule has 0 fully saturated rings. The number of hydrogen-bond acceptors (Lipinski definition) is 3. The molecule has 4 nitrogen and oxygen atoms in total. The Morgan fingerprint density at radius 2 is 2.04 bits per heavy atom. The van der Waals surface area contributed by atoms with E-state index in [0.717, 1.165) is 34.6 Å². The highest BCUT2D eigenvalue weighted by Crippen LogP contribution is 2.40. The zero-order chi connectivity index (χ0) is 19.6. The molecule has 0 radical (unpaired) electrons. The molecule has 2 atom stereocenters. The highest BCUT2D eigenvalue weighted by Gasteiger charge is 2.35. The smallest absolute Gasteiger partial charge is 0.261 e. The van der Waals surface area contributed by atoms with Crippen LogP contribution in [0.5, 0.6) is 11.5 Å². The minimum atomic E-state index is -0.572. The van der Waals surface area contributed by atoms with Gasteiger partial charge in [-0.05, 0) is 57.4 Å². The molecule has 0 aromatic heterocycles. The largest absolute Gasteiger partial charge is 0.487 e. The molecular weight excluding hydrogens is 338 g/mol. The quantitative estimate of drug-likeness (QED) is 0.830. The first kappa shape index (κ1) is 19.3. The minimum absolute atomic E-state index is 0.0932. The van der Waals surface area contributed by atoms with Crippen LogP contribution >= 0.6 is 0 Å². The number of nitrogens with one attached hydrogen (secondary N) is 1. The number of carbonyl (C=O) groups is 1. The molecular formula is C23H29NO3. The van der Waals surface area contributed by atoms with E-state index in [1.54, 1.807) is 6.92 Å². The van der Waals surface area contributed by atoms with Crippen LogP contribution in [-0.2, 0) is 11.2 Å². The van der Waals surface area contributed by atoms with Gasteiger partial charge in [-0.3, -0.25) is 4.79 Å². The van der Waals surface area contributed by atoms with Crippen molar-refractivity contribution in [2.24, 2.45) is 0 Å². The van der Waals surface area contributed by atoms with Crippen LogP contribution in [0.1, 0.15) is 56.8 Å². The molecule has 0 saturated carbocycles. The Balaban J connectivity index is 1.75. The number of para-hydroxylation sites is 1. The lowest BCUT2D eigenvalue weighted by Crippen LogP contribution is -2.44. The molecule has 2 aromatic carbocycles. The van der Waals surface area contributed by atoms with E-state index in [9.17, 15) is 4.79 Å². The molecule has 1 heterocycles. The monoisotopic (exact) mass is 367 g/mol. The molecule has 2 aromatic rings. The fraction of sp³-hybridized carbons (Fsp3) is 0.435. The highest BCUT2D eigenvalue weighted by atomic mass is 16.5. The van der Waals surface area contributed by atoms with Crippen molar-refractivity contribution >= 4 is 5.91 Å². The fourth-order valence-electron chi connectivity index (χ4n) is 3.53. The average molecular weight is 367 g/mol. The van der Waals surface area contributed by atoms with Gasteiger partial charge in [0, 0.05) is 12.0 Å². The van der Waals surface area contributed by atoms with Gasteiger partial charge in [0.2, 0.25) is 0 Å². The standard InChI is InChI=1S/C23H29NO3/c1-6-17-9-7-8-10-20(17)26-16(3)22(25)24-19-14-23(4,5)27-21-13-15(2)11-12-18(19)21/h7-13,16,19H,6,14H2,1-5H3,(H,24,25). The molecule has 0 saturated heterocycles. The first-order valence-corrected chi connectivity index (χ1v) is 9.63. The summed E-state index contributed by atoms with van der Waals surface area (Å²) in [6, 6.07) is 13.9. The second-order valence-electron chi connectivity index (χ2n) is 7.89. The molecule has 1 aliphatic heterocycles. The van der Waals surface area contributed by atoms with Gasteiger partial charge in [0.25, 0.3) is 5.91 Å². The summed E-state index contributed by atoms with van der Waals surface area (Å²) in [5, 5.41) is 3.16. The van der Waals surface area contributed by atoms with E-state index in [2.05, 4.69) is 32.2 Å². The number of fused-ring (bicyclic) bond motifs is 1. The van der Waals surface area contributed by atoms with Gasteiger partial charge in [-0.1, -0.05) is 37.3 Å². The first-order chi connectivity index (χ1) is 12.8. The predicted octanol–water partition coefficient (Wildman–Crippen LogP) is 4.74. The van der Waals surface area contributed by atoms with Crippen LogP contribution in [0.3, 0.4) is 0 Å². The molecule has 4 heteroatoms. The predicted molar refractivity (Wildman–Crippen MR) is 107 cm³/mol. The molecule has 0 bridgehead atoms. The lowest BCUT2D eigenvalue weighted by molar-refractivity contribution is -0.128. The first-order valence-electron chi connectivity index (χ1n) is 9.63. The van der Waals surface area contributed by atoms with Crippen molar-refractivity contribution in [3.05, 3.63) is 59.2 Å². The Morgan fingerprint density at radius 3 is 2.78 bits per heavy atom. The molecule has 1 amide bonds. The maximum Gasteiger partial charge on any atom is 0.261 e. The summed E-state index contributed by atoms with van der Waals surface area (Å²) in [4.78, 5) is 12.8. The van der Waals surface area contributed by atoms with Gasteiger partial charge in [0.05, 0.1) is 6.04 Å². The summed E-state index contributed by atoms with van der Waals surface area (Å²) in [6.45, 7) is 10.0. The van der Waals surface area contributed by atoms with Crippen LogP contribution in [0.2, 0.25) is 0 Å². The van der Waals surface area contributed by atoms with E-state index >= 15 is 0 Å². The SMILES string of the molecule is CCc1ccccc1OC(C)C(=O)NC1CC(C)(C)Oc2cc(C)ccc21. The third-order valence-corrected chi connectivity index (χ3v) is 4.97. The van der Waals surface area contributed by atoms with Gasteiger partial charge < -0.3 is 14.8 Å². The van der Waals surface area contributed by atoms with Crippen LogP contribution in [0.15, 0.2) is 42.5 Å². The molecule has 3 rings (SSSR count). The molecule has 1 N–H and O–H groups in total. The average Bonchev–Trinajstić information content (AvgIpc) is 2.60. The van der Waals surface area contributed by atoms with E-state index in [1.807, 2.05) is 43.3 Å². The molecule has 0 spiro atoms. The molecule has 0 aliphatic carbocycles. The number of benzene rings is 2. The lowest BCUT2D eigenvalue weighted by Gasteiger charge is -2.38. The van der Waals surface area contributed by atoms with Crippen molar-refractivity contribution in [2.45, 2.75) is 65.2 Å². The number of amides is 1. The van der Waals surface area contributed by atoms with Crippen molar-refractivity contribution in [1.82, 2.24) is 5.32 Å². The maximum atomic E-state index is 12.8. The van der Waals surface area contributed by atoms with Gasteiger partial charge in [-0.25, -0.2) is 0 Å². The molecule has 27 heavy (non-hydrogen) atoms. The minimum Gasteiger partial charge on any atom is -0.487 e. The summed E-state index contributed by atoms with van der Waals surface area (Å²) in [5.41, 5.74) is 2.93. The second-order valence-corrected chi connectivity index (χ2v) is 7.89. The molecule has 144 valence electrons. The van der Waals surface area contributed by atoms with E-state index in [0.29, 0.717) is 6.42 Å². The second kappa shape index (κ2) is 7.63. The van der Waals surface area contributed by atoms with Gasteiger partial charge in [0.15, 0.2) is 6.10 Å². The Kier molecular flexibility index (Phi) is 5.45. The molecule has 2 unspecified atom stereocenters. The maximum absolute atomic E-state index is 12.8. The Hall–Kier alpha value is -2.49. The van der Waals surface area contributed by atoms with E-state index < -0.39 is 6.10 Å². The number of carbonyl (C=O) groups excluding carboxylic acids is 1. The zero-order valence-electron chi connectivity index (χ0n) is 16.8. The lowest BCUT2D eigenvalue weighted by atomic mass is 9.89. The van der Waals surface area contributed by atoms with E-state index in [-0.39, 0.29) is 17.6 Å². The van der Waals surface area contributed by atoms with Crippen LogP contribution < -0.4 is 14.8 Å². The number of ether oxygens (including phenoxy) is 2. The fourth-order valence-corrected chi connectivity index (χ4v) is 3.53. The normalized spacial score (nSPS) is 18.8. The summed E-state index contributed by atoms with van der Waals surface area (Å²) >= 11 is 0. The van der Waals surface area contributed by atoms with Crippen LogP contribution in [0.25, 0.3) is 0 Å². The third kappa shape index (κ3) is 4.44. The van der Waals surface area contributed by atoms with Gasteiger partial charge in [0.1, 0.15) is 17.1 Å². The Bertz CT molecular complexity index is 828. The molecule has 1 aliphatic rings. The summed E-state index contributed by atoms with van der Waals surface area (Å²) < 4.78 is 12.1. The van der Waals surface area contributed by atoms with E-state index in [1.165, 1.54) is 0 Å². The van der Waals surface area contributed by atoms with Gasteiger partial charge in [-0.2, -0.15) is 0 Å². The van der Waals surface area contributed by atoms with E-state index in [4.69, 9.17) is 9.47 Å². The Labute approximate surface area is 161 Å². The van der Waals surface area contributed by atoms with Crippen molar-refractivity contribution in [1.29, 1.82) is 0 Å². The zero-order valence-corrected chi connectivity index (χ0v) is 16.8. The third-order valence-electron chi connectivity index (χ3n) is 4.97. The van der Waals surface area contributed by atoms with Gasteiger partial charge >= 0.3 is 0 Å². The number of aryl methyl sites for hydroxylation is 2. The highest BCUT2D eigenvalue weighted by molar-refractivity contribution is 5.81. The van der Waals surface area contributed by atoms with Crippen molar-refractivity contribution in [3.8, 4) is 11.5 Å². The number of rotatable bonds is 5. The van der Waals surface area contributed by atoms with Crippen molar-refractivity contribution < 1.29 is 14.3 Å². The number of hydrogen-bond donors (Lipinski definition) is 1. The summed E-state index contributed by atoms with van der Waals surface area (Å²) in [5.74, 6) is 1.50. The van der Waals surface area contributed by atoms with Crippen LogP contribution in [0.4, 0.5) is 0 Å². The van der Waals surface area contributed by atoms with Crippen LogP contribution in [-0.4, -0.2) is 17.6 Å². The Morgan fingerprint density at radius 1 is 1.30 bits per heavy atom. The topological polar surface area (TPSA) is 47.6 Å².